The summed E-state index contributed by atoms with van der Waals surface area (Å²) >= 11 is 0. The predicted octanol–water partition coefficient (Wildman–Crippen LogP) is 4.60. The van der Waals surface area contributed by atoms with E-state index in [1.807, 2.05) is 30.3 Å². The first-order chi connectivity index (χ1) is 13.2. The second-order valence-electron chi connectivity index (χ2n) is 6.19. The van der Waals surface area contributed by atoms with Crippen LogP contribution in [0.1, 0.15) is 23.6 Å². The van der Waals surface area contributed by atoms with Crippen molar-refractivity contribution < 1.29 is 9.18 Å². The number of hydrazone groups is 1. The number of carbonyl (C=O) groups is 1. The quantitative estimate of drug-likeness (QED) is 0.742. The number of halogens is 1. The minimum absolute atomic E-state index is 0.303. The Kier molecular flexibility index (Phi) is 4.61. The topological polar surface area (TPSA) is 57.6 Å². The van der Waals surface area contributed by atoms with Gasteiger partial charge < -0.3 is 5.32 Å². The van der Waals surface area contributed by atoms with Crippen molar-refractivity contribution in [1.82, 2.24) is 9.99 Å². The Morgan fingerprint density at radius 3 is 2.41 bits per heavy atom. The molecule has 134 valence electrons. The number of pyridine rings is 1. The first-order valence-electron chi connectivity index (χ1n) is 8.59. The fraction of sp³-hybridized carbons (Fsp3) is 0.0952. The Bertz CT molecular complexity index is 958. The molecule has 1 aromatic heterocycles. The Hall–Kier alpha value is -3.54. The molecule has 27 heavy (non-hydrogen) atoms. The van der Waals surface area contributed by atoms with Gasteiger partial charge in [0.05, 0.1) is 11.8 Å². The number of nitrogens with zero attached hydrogens (tertiary/aromatic N) is 3. The summed E-state index contributed by atoms with van der Waals surface area (Å²) < 4.78 is 13.3. The smallest absolute Gasteiger partial charge is 0.306 e. The average Bonchev–Trinajstić information content (AvgIpc) is 3.16. The van der Waals surface area contributed by atoms with E-state index in [1.165, 1.54) is 17.1 Å². The standard InChI is InChI=1S/C21H17FN4O/c22-17-8-6-16(7-9-17)20-14-19(15-4-2-1-3-5-15)25-26(20)21(27)24-18-10-12-23-13-11-18/h1-13,20H,14H2,(H,23,24,27). The lowest BCUT2D eigenvalue weighted by Crippen LogP contribution is -2.31. The van der Waals surface area contributed by atoms with Crippen LogP contribution in [0.15, 0.2) is 84.2 Å². The predicted molar refractivity (Wildman–Crippen MR) is 102 cm³/mol. The third kappa shape index (κ3) is 3.69. The van der Waals surface area contributed by atoms with Gasteiger partial charge in [-0.15, -0.1) is 0 Å². The second kappa shape index (κ2) is 7.37. The molecular weight excluding hydrogens is 343 g/mol. The van der Waals surface area contributed by atoms with Crippen molar-refractivity contribution >= 4 is 17.4 Å². The highest BCUT2D eigenvalue weighted by atomic mass is 19.1. The van der Waals surface area contributed by atoms with Crippen molar-refractivity contribution in [3.63, 3.8) is 0 Å². The van der Waals surface area contributed by atoms with Crippen LogP contribution in [-0.4, -0.2) is 21.7 Å². The Labute approximate surface area is 156 Å². The van der Waals surface area contributed by atoms with Crippen molar-refractivity contribution in [2.24, 2.45) is 5.10 Å². The molecule has 0 aliphatic carbocycles. The van der Waals surface area contributed by atoms with Crippen LogP contribution in [0.4, 0.5) is 14.9 Å². The van der Waals surface area contributed by atoms with Crippen LogP contribution in [0, 0.1) is 5.82 Å². The molecule has 6 heteroatoms. The van der Waals surface area contributed by atoms with E-state index < -0.39 is 0 Å². The lowest BCUT2D eigenvalue weighted by Gasteiger charge is -2.22. The van der Waals surface area contributed by atoms with Gasteiger partial charge in [-0.3, -0.25) is 4.98 Å². The van der Waals surface area contributed by atoms with Gasteiger partial charge in [0.2, 0.25) is 0 Å². The molecule has 4 rings (SSSR count). The molecule has 1 N–H and O–H groups in total. The number of benzene rings is 2. The van der Waals surface area contributed by atoms with E-state index in [0.29, 0.717) is 12.1 Å². The number of hydrogen-bond donors (Lipinski definition) is 1. The molecule has 2 amide bonds. The molecule has 2 aromatic carbocycles. The third-order valence-electron chi connectivity index (χ3n) is 4.41. The highest BCUT2D eigenvalue weighted by Gasteiger charge is 2.33. The second-order valence-corrected chi connectivity index (χ2v) is 6.19. The van der Waals surface area contributed by atoms with Crippen LogP contribution in [0.3, 0.4) is 0 Å². The zero-order valence-corrected chi connectivity index (χ0v) is 14.4. The van der Waals surface area contributed by atoms with Crippen LogP contribution in [0.5, 0.6) is 0 Å². The molecule has 1 atom stereocenters. The number of aromatic nitrogens is 1. The van der Waals surface area contributed by atoms with Crippen LogP contribution in [0.25, 0.3) is 0 Å². The molecular formula is C21H17FN4O. The van der Waals surface area contributed by atoms with E-state index in [2.05, 4.69) is 15.4 Å². The maximum Gasteiger partial charge on any atom is 0.342 e. The molecule has 2 heterocycles. The number of nitrogens with one attached hydrogen (secondary N) is 1. The summed E-state index contributed by atoms with van der Waals surface area (Å²) in [6.07, 6.45) is 3.77. The number of hydrogen-bond acceptors (Lipinski definition) is 3. The van der Waals surface area contributed by atoms with Gasteiger partial charge in [0.15, 0.2) is 0 Å². The van der Waals surface area contributed by atoms with Crippen molar-refractivity contribution in [1.29, 1.82) is 0 Å². The Balaban J connectivity index is 1.65. The summed E-state index contributed by atoms with van der Waals surface area (Å²) in [4.78, 5) is 16.8. The monoisotopic (exact) mass is 360 g/mol. The van der Waals surface area contributed by atoms with Gasteiger partial charge in [0.25, 0.3) is 0 Å². The summed E-state index contributed by atoms with van der Waals surface area (Å²) in [5.41, 5.74) is 3.24. The van der Waals surface area contributed by atoms with Crippen LogP contribution in [0.2, 0.25) is 0 Å². The summed E-state index contributed by atoms with van der Waals surface area (Å²) in [7, 11) is 0. The zero-order chi connectivity index (χ0) is 18.6. The summed E-state index contributed by atoms with van der Waals surface area (Å²) in [6, 6.07) is 18.7. The van der Waals surface area contributed by atoms with E-state index in [-0.39, 0.29) is 17.9 Å². The molecule has 0 saturated carbocycles. The fourth-order valence-corrected chi connectivity index (χ4v) is 3.06. The molecule has 3 aromatic rings. The van der Waals surface area contributed by atoms with Gasteiger partial charge in [0, 0.05) is 24.5 Å². The van der Waals surface area contributed by atoms with E-state index >= 15 is 0 Å². The highest BCUT2D eigenvalue weighted by Crippen LogP contribution is 2.33. The molecule has 0 fully saturated rings. The molecule has 5 nitrogen and oxygen atoms in total. The molecule has 1 aliphatic rings. The number of rotatable bonds is 3. The maximum atomic E-state index is 13.3. The van der Waals surface area contributed by atoms with E-state index in [9.17, 15) is 9.18 Å². The third-order valence-corrected chi connectivity index (χ3v) is 4.41. The van der Waals surface area contributed by atoms with Gasteiger partial charge in [-0.2, -0.15) is 5.10 Å². The fourth-order valence-electron chi connectivity index (χ4n) is 3.06. The van der Waals surface area contributed by atoms with E-state index in [0.717, 1.165) is 16.8 Å². The van der Waals surface area contributed by atoms with E-state index in [1.54, 1.807) is 36.7 Å². The summed E-state index contributed by atoms with van der Waals surface area (Å²) in [6.45, 7) is 0. The van der Waals surface area contributed by atoms with E-state index in [4.69, 9.17) is 0 Å². The first kappa shape index (κ1) is 16.9. The SMILES string of the molecule is O=C(Nc1ccncc1)N1N=C(c2ccccc2)CC1c1ccc(F)cc1. The molecule has 0 bridgehead atoms. The van der Waals surface area contributed by atoms with Gasteiger partial charge >= 0.3 is 6.03 Å². The summed E-state index contributed by atoms with van der Waals surface area (Å²) in [5, 5.41) is 8.82. The van der Waals surface area contributed by atoms with Crippen LogP contribution >= 0.6 is 0 Å². The summed E-state index contributed by atoms with van der Waals surface area (Å²) in [5.74, 6) is -0.311. The van der Waals surface area contributed by atoms with Crippen molar-refractivity contribution in [2.75, 3.05) is 5.32 Å². The molecule has 0 spiro atoms. The highest BCUT2D eigenvalue weighted by molar-refractivity contribution is 6.04. The molecule has 0 radical (unpaired) electrons. The molecule has 1 aliphatic heterocycles. The molecule has 0 saturated heterocycles. The van der Waals surface area contributed by atoms with Gasteiger partial charge in [-0.25, -0.2) is 14.2 Å². The van der Waals surface area contributed by atoms with Crippen LogP contribution in [-0.2, 0) is 0 Å². The first-order valence-corrected chi connectivity index (χ1v) is 8.59. The van der Waals surface area contributed by atoms with Crippen molar-refractivity contribution in [3.8, 4) is 0 Å². The minimum atomic E-state index is -0.346. The van der Waals surface area contributed by atoms with Crippen LogP contribution < -0.4 is 5.32 Å². The number of carbonyl (C=O) groups excluding carboxylic acids is 1. The lowest BCUT2D eigenvalue weighted by atomic mass is 9.98. The van der Waals surface area contributed by atoms with Gasteiger partial charge in [-0.1, -0.05) is 42.5 Å². The van der Waals surface area contributed by atoms with Gasteiger partial charge in [-0.05, 0) is 35.4 Å². The molecule has 1 unspecified atom stereocenters. The van der Waals surface area contributed by atoms with Gasteiger partial charge in [0.1, 0.15) is 5.82 Å². The Morgan fingerprint density at radius 1 is 1.00 bits per heavy atom. The van der Waals surface area contributed by atoms with Crippen molar-refractivity contribution in [2.45, 2.75) is 12.5 Å². The average molecular weight is 360 g/mol. The number of amides is 2. The minimum Gasteiger partial charge on any atom is -0.306 e. The number of anilines is 1. The van der Waals surface area contributed by atoms with Crippen molar-refractivity contribution in [3.05, 3.63) is 96.1 Å². The maximum absolute atomic E-state index is 13.3. The normalized spacial score (nSPS) is 16.1. The Morgan fingerprint density at radius 2 is 1.70 bits per heavy atom. The number of urea groups is 1. The zero-order valence-electron chi connectivity index (χ0n) is 14.4. The largest absolute Gasteiger partial charge is 0.342 e. The lowest BCUT2D eigenvalue weighted by molar-refractivity contribution is 0.200.